The molecule has 0 fully saturated rings. The van der Waals surface area contributed by atoms with Crippen LogP contribution in [-0.2, 0) is 0 Å². The van der Waals surface area contributed by atoms with Crippen LogP contribution in [0.4, 0.5) is 0 Å². The summed E-state index contributed by atoms with van der Waals surface area (Å²) in [4.78, 5) is 0. The van der Waals surface area contributed by atoms with Gasteiger partial charge in [-0.25, -0.2) is 0 Å². The van der Waals surface area contributed by atoms with Crippen molar-refractivity contribution in [2.24, 2.45) is 5.41 Å². The normalized spacial score (nSPS) is 17.5. The van der Waals surface area contributed by atoms with Gasteiger partial charge in [0.05, 0.1) is 0 Å². The topological polar surface area (TPSA) is 60.7 Å². The van der Waals surface area contributed by atoms with E-state index in [9.17, 15) is 0 Å². The van der Waals surface area contributed by atoms with Crippen molar-refractivity contribution in [2.45, 2.75) is 52.4 Å². The monoisotopic (exact) mass is 176 g/mol. The van der Waals surface area contributed by atoms with Crippen molar-refractivity contribution in [3.63, 3.8) is 0 Å². The van der Waals surface area contributed by atoms with Crippen LogP contribution in [0.5, 0.6) is 0 Å². The summed E-state index contributed by atoms with van der Waals surface area (Å²) in [5.41, 5.74) is -0.803. The molecule has 0 aromatic heterocycles. The number of aliphatic hydroxyl groups is 3. The Kier molecular flexibility index (Phi) is 4.17. The van der Waals surface area contributed by atoms with Gasteiger partial charge in [-0.05, 0) is 12.8 Å². The van der Waals surface area contributed by atoms with Gasteiger partial charge in [-0.15, -0.1) is 0 Å². The first-order valence-electron chi connectivity index (χ1n) is 4.54. The van der Waals surface area contributed by atoms with Gasteiger partial charge in [0.1, 0.15) is 0 Å². The molecule has 0 amide bonds. The van der Waals surface area contributed by atoms with Crippen LogP contribution in [0.2, 0.25) is 0 Å². The van der Waals surface area contributed by atoms with Gasteiger partial charge in [-0.3, -0.25) is 0 Å². The highest BCUT2D eigenvalue weighted by molar-refractivity contribution is 4.78. The third-order valence-corrected chi connectivity index (χ3v) is 2.67. The highest BCUT2D eigenvalue weighted by atomic mass is 16.7. The van der Waals surface area contributed by atoms with E-state index < -0.39 is 11.4 Å². The van der Waals surface area contributed by atoms with Crippen molar-refractivity contribution < 1.29 is 15.3 Å². The van der Waals surface area contributed by atoms with Crippen LogP contribution in [0.1, 0.15) is 46.5 Å². The fraction of sp³-hybridized carbons (Fsp3) is 1.00. The summed E-state index contributed by atoms with van der Waals surface area (Å²) in [6.07, 6.45) is 3.07. The third kappa shape index (κ3) is 2.73. The molecule has 0 heterocycles. The second kappa shape index (κ2) is 4.21. The van der Waals surface area contributed by atoms with Crippen molar-refractivity contribution in [1.82, 2.24) is 0 Å². The molecule has 0 bridgehead atoms. The van der Waals surface area contributed by atoms with Crippen molar-refractivity contribution in [3.05, 3.63) is 0 Å². The Bertz CT molecular complexity index is 128. The van der Waals surface area contributed by atoms with Gasteiger partial charge in [0.15, 0.2) is 0 Å². The minimum Gasteiger partial charge on any atom is -0.343 e. The van der Waals surface area contributed by atoms with E-state index in [-0.39, 0.29) is 0 Å². The van der Waals surface area contributed by atoms with Crippen LogP contribution in [0, 0.1) is 5.41 Å². The Morgan fingerprint density at radius 1 is 1.08 bits per heavy atom. The third-order valence-electron chi connectivity index (χ3n) is 2.67. The summed E-state index contributed by atoms with van der Waals surface area (Å²) in [5.74, 6) is -2.54. The first-order valence-corrected chi connectivity index (χ1v) is 4.54. The SMILES string of the molecule is CCCCC(C)(CC)C(O)(O)O. The van der Waals surface area contributed by atoms with E-state index >= 15 is 0 Å². The van der Waals surface area contributed by atoms with Gasteiger partial charge in [0.2, 0.25) is 0 Å². The van der Waals surface area contributed by atoms with Crippen molar-refractivity contribution >= 4 is 0 Å². The van der Waals surface area contributed by atoms with Crippen molar-refractivity contribution in [3.8, 4) is 0 Å². The van der Waals surface area contributed by atoms with Gasteiger partial charge in [-0.2, -0.15) is 0 Å². The second-order valence-corrected chi connectivity index (χ2v) is 3.65. The van der Waals surface area contributed by atoms with Gasteiger partial charge in [0, 0.05) is 5.41 Å². The van der Waals surface area contributed by atoms with Crippen LogP contribution >= 0.6 is 0 Å². The number of hydrogen-bond acceptors (Lipinski definition) is 3. The molecule has 1 unspecified atom stereocenters. The zero-order chi connectivity index (χ0) is 9.83. The quantitative estimate of drug-likeness (QED) is 0.552. The first-order chi connectivity index (χ1) is 5.37. The molecule has 74 valence electrons. The zero-order valence-electron chi connectivity index (χ0n) is 8.17. The average molecular weight is 176 g/mol. The molecule has 3 nitrogen and oxygen atoms in total. The second-order valence-electron chi connectivity index (χ2n) is 3.65. The smallest absolute Gasteiger partial charge is 0.280 e. The highest BCUT2D eigenvalue weighted by Crippen LogP contribution is 2.36. The van der Waals surface area contributed by atoms with E-state index in [2.05, 4.69) is 0 Å². The average Bonchev–Trinajstić information content (AvgIpc) is 1.98. The molecule has 0 saturated heterocycles. The molecular weight excluding hydrogens is 156 g/mol. The van der Waals surface area contributed by atoms with Crippen LogP contribution in [0.3, 0.4) is 0 Å². The van der Waals surface area contributed by atoms with Crippen LogP contribution in [0.25, 0.3) is 0 Å². The molecule has 0 aliphatic carbocycles. The molecule has 0 spiro atoms. The van der Waals surface area contributed by atoms with Gasteiger partial charge < -0.3 is 15.3 Å². The molecule has 1 atom stereocenters. The highest BCUT2D eigenvalue weighted by Gasteiger charge is 2.42. The maximum absolute atomic E-state index is 9.07. The van der Waals surface area contributed by atoms with E-state index in [1.165, 1.54) is 0 Å². The van der Waals surface area contributed by atoms with Gasteiger partial charge in [0.25, 0.3) is 5.97 Å². The van der Waals surface area contributed by atoms with Crippen molar-refractivity contribution in [2.75, 3.05) is 0 Å². The summed E-state index contributed by atoms with van der Waals surface area (Å²) < 4.78 is 0. The molecule has 0 aliphatic heterocycles. The summed E-state index contributed by atoms with van der Waals surface area (Å²) >= 11 is 0. The lowest BCUT2D eigenvalue weighted by Gasteiger charge is -2.36. The molecular formula is C9H20O3. The summed E-state index contributed by atoms with van der Waals surface area (Å²) in [6.45, 7) is 5.56. The van der Waals surface area contributed by atoms with E-state index in [4.69, 9.17) is 15.3 Å². The van der Waals surface area contributed by atoms with E-state index in [0.29, 0.717) is 12.8 Å². The van der Waals surface area contributed by atoms with Gasteiger partial charge in [-0.1, -0.05) is 33.6 Å². The van der Waals surface area contributed by atoms with Crippen LogP contribution in [-0.4, -0.2) is 21.3 Å². The molecule has 0 saturated carbocycles. The Hall–Kier alpha value is -0.120. The van der Waals surface area contributed by atoms with Crippen LogP contribution in [0.15, 0.2) is 0 Å². The van der Waals surface area contributed by atoms with E-state index in [0.717, 1.165) is 12.8 Å². The van der Waals surface area contributed by atoms with E-state index in [1.807, 2.05) is 13.8 Å². The minimum atomic E-state index is -2.54. The fourth-order valence-electron chi connectivity index (χ4n) is 1.15. The molecule has 0 radical (unpaired) electrons. The first kappa shape index (κ1) is 11.9. The summed E-state index contributed by atoms with van der Waals surface area (Å²) in [7, 11) is 0. The Labute approximate surface area is 74.0 Å². The number of rotatable bonds is 5. The maximum atomic E-state index is 9.07. The van der Waals surface area contributed by atoms with Gasteiger partial charge >= 0.3 is 0 Å². The Morgan fingerprint density at radius 3 is 1.83 bits per heavy atom. The Balaban J connectivity index is 4.24. The lowest BCUT2D eigenvalue weighted by atomic mass is 9.80. The molecule has 0 aromatic rings. The largest absolute Gasteiger partial charge is 0.343 e. The summed E-state index contributed by atoms with van der Waals surface area (Å²) in [6, 6.07) is 0. The minimum absolute atomic E-state index is 0.552. The van der Waals surface area contributed by atoms with E-state index in [1.54, 1.807) is 6.92 Å². The molecule has 0 aromatic carbocycles. The zero-order valence-corrected chi connectivity index (χ0v) is 8.17. The lowest BCUT2D eigenvalue weighted by Crippen LogP contribution is -2.46. The predicted molar refractivity (Wildman–Crippen MR) is 47.3 cm³/mol. The number of hydrogen-bond donors (Lipinski definition) is 3. The molecule has 0 rings (SSSR count). The van der Waals surface area contributed by atoms with Crippen molar-refractivity contribution in [1.29, 1.82) is 0 Å². The Morgan fingerprint density at radius 2 is 1.58 bits per heavy atom. The summed E-state index contributed by atoms with van der Waals surface area (Å²) in [5, 5.41) is 27.2. The predicted octanol–water partition coefficient (Wildman–Crippen LogP) is 1.22. The molecule has 3 N–H and O–H groups in total. The number of unbranched alkanes of at least 4 members (excludes halogenated alkanes) is 1. The standard InChI is InChI=1S/C9H20O3/c1-4-6-7-8(3,5-2)9(10,11)12/h10-12H,4-7H2,1-3H3. The lowest BCUT2D eigenvalue weighted by molar-refractivity contribution is -0.373. The maximum Gasteiger partial charge on any atom is 0.280 e. The molecule has 0 aliphatic rings. The fourth-order valence-corrected chi connectivity index (χ4v) is 1.15. The molecule has 3 heteroatoms. The molecule has 12 heavy (non-hydrogen) atoms. The van der Waals surface area contributed by atoms with Crippen LogP contribution < -0.4 is 0 Å².